The summed E-state index contributed by atoms with van der Waals surface area (Å²) in [5.74, 6) is 1.30. The van der Waals surface area contributed by atoms with E-state index in [-0.39, 0.29) is 18.3 Å². The smallest absolute Gasteiger partial charge is 0.260 e. The molecular formula is C29H32ClN3O4S. The molecule has 0 saturated carbocycles. The standard InChI is InChI=1S/C29H31N3O4S.ClH/c1-34-24-13-14-25(35-2)27-26(24)30-29(37-27)32(16-6-15-31-17-19-36-20-18-31)28(33)23-11-9-22(10-12-23)21-7-4-3-5-8-21;/h3-5,7-14H,6,15-20H2,1-2H3;1H. The predicted octanol–water partition coefficient (Wildman–Crippen LogP) is 5.77. The molecule has 0 radical (unpaired) electrons. The van der Waals surface area contributed by atoms with Gasteiger partial charge in [0.15, 0.2) is 5.13 Å². The summed E-state index contributed by atoms with van der Waals surface area (Å²) in [6.07, 6.45) is 0.831. The lowest BCUT2D eigenvalue weighted by molar-refractivity contribution is 0.0376. The average molecular weight is 554 g/mol. The molecule has 0 bridgehead atoms. The number of benzene rings is 3. The molecule has 200 valence electrons. The second-order valence-electron chi connectivity index (χ2n) is 8.85. The first-order valence-electron chi connectivity index (χ1n) is 12.5. The topological polar surface area (TPSA) is 64.1 Å². The molecule has 0 unspecified atom stereocenters. The molecule has 1 aliphatic rings. The monoisotopic (exact) mass is 553 g/mol. The highest BCUT2D eigenvalue weighted by molar-refractivity contribution is 7.22. The van der Waals surface area contributed by atoms with Crippen LogP contribution < -0.4 is 14.4 Å². The molecule has 2 heterocycles. The van der Waals surface area contributed by atoms with Crippen LogP contribution in [-0.4, -0.2) is 69.4 Å². The third-order valence-corrected chi connectivity index (χ3v) is 7.67. The van der Waals surface area contributed by atoms with Crippen LogP contribution in [0.5, 0.6) is 11.5 Å². The Morgan fingerprint density at radius 3 is 2.29 bits per heavy atom. The summed E-state index contributed by atoms with van der Waals surface area (Å²) in [5, 5.41) is 0.636. The van der Waals surface area contributed by atoms with Gasteiger partial charge in [0.05, 0.1) is 27.4 Å². The quantitative estimate of drug-likeness (QED) is 0.262. The van der Waals surface area contributed by atoms with Crippen LogP contribution in [0.1, 0.15) is 16.8 Å². The number of fused-ring (bicyclic) bond motifs is 1. The minimum atomic E-state index is -0.0708. The van der Waals surface area contributed by atoms with Crippen LogP contribution in [0.25, 0.3) is 21.3 Å². The number of rotatable bonds is 9. The van der Waals surface area contributed by atoms with Gasteiger partial charge >= 0.3 is 0 Å². The van der Waals surface area contributed by atoms with Gasteiger partial charge in [-0.25, -0.2) is 4.98 Å². The van der Waals surface area contributed by atoms with Crippen molar-refractivity contribution in [3.05, 3.63) is 72.3 Å². The summed E-state index contributed by atoms with van der Waals surface area (Å²) in [6.45, 7) is 4.81. The zero-order valence-corrected chi connectivity index (χ0v) is 23.2. The van der Waals surface area contributed by atoms with E-state index in [1.165, 1.54) is 11.3 Å². The molecule has 0 aliphatic carbocycles. The van der Waals surface area contributed by atoms with Gasteiger partial charge in [0.25, 0.3) is 5.91 Å². The van der Waals surface area contributed by atoms with Crippen molar-refractivity contribution in [1.82, 2.24) is 9.88 Å². The van der Waals surface area contributed by atoms with E-state index in [0.29, 0.717) is 34.3 Å². The number of hydrogen-bond acceptors (Lipinski definition) is 7. The first-order chi connectivity index (χ1) is 18.2. The third kappa shape index (κ3) is 6.10. The normalized spacial score (nSPS) is 13.6. The predicted molar refractivity (Wildman–Crippen MR) is 155 cm³/mol. The Balaban J connectivity index is 0.00000336. The molecule has 1 amide bonds. The summed E-state index contributed by atoms with van der Waals surface area (Å²) >= 11 is 1.45. The van der Waals surface area contributed by atoms with Crippen LogP contribution >= 0.6 is 23.7 Å². The summed E-state index contributed by atoms with van der Waals surface area (Å²) in [4.78, 5) is 22.9. The van der Waals surface area contributed by atoms with Gasteiger partial charge in [-0.15, -0.1) is 12.4 Å². The Morgan fingerprint density at radius 2 is 1.61 bits per heavy atom. The van der Waals surface area contributed by atoms with Crippen molar-refractivity contribution in [3.8, 4) is 22.6 Å². The van der Waals surface area contributed by atoms with Gasteiger partial charge in [-0.1, -0.05) is 53.8 Å². The number of hydrogen-bond donors (Lipinski definition) is 0. The molecule has 1 aliphatic heterocycles. The summed E-state index contributed by atoms with van der Waals surface area (Å²) in [7, 11) is 3.26. The number of aromatic nitrogens is 1. The van der Waals surface area contributed by atoms with Gasteiger partial charge in [0, 0.05) is 31.7 Å². The number of nitrogens with zero attached hydrogens (tertiary/aromatic N) is 3. The zero-order valence-electron chi connectivity index (χ0n) is 21.6. The van der Waals surface area contributed by atoms with E-state index in [1.807, 2.05) is 54.6 Å². The zero-order chi connectivity index (χ0) is 25.6. The fraction of sp³-hybridized carbons (Fsp3) is 0.310. The Kier molecular flexibility index (Phi) is 9.58. The van der Waals surface area contributed by atoms with Crippen molar-refractivity contribution >= 4 is 45.0 Å². The van der Waals surface area contributed by atoms with E-state index in [4.69, 9.17) is 19.2 Å². The average Bonchev–Trinajstić information content (AvgIpc) is 3.41. The maximum Gasteiger partial charge on any atom is 0.260 e. The Bertz CT molecular complexity index is 1300. The molecule has 5 rings (SSSR count). The number of halogens is 1. The first-order valence-corrected chi connectivity index (χ1v) is 13.3. The van der Waals surface area contributed by atoms with Gasteiger partial charge in [0.1, 0.15) is 21.7 Å². The van der Waals surface area contributed by atoms with Gasteiger partial charge in [0.2, 0.25) is 0 Å². The number of amides is 1. The minimum absolute atomic E-state index is 0. The lowest BCUT2D eigenvalue weighted by Crippen LogP contribution is -2.39. The van der Waals surface area contributed by atoms with Crippen molar-refractivity contribution in [2.45, 2.75) is 6.42 Å². The van der Waals surface area contributed by atoms with Crippen LogP contribution in [0.2, 0.25) is 0 Å². The highest BCUT2D eigenvalue weighted by atomic mass is 35.5. The summed E-state index contributed by atoms with van der Waals surface area (Å²) in [5.41, 5.74) is 3.52. The molecule has 38 heavy (non-hydrogen) atoms. The minimum Gasteiger partial charge on any atom is -0.495 e. The summed E-state index contributed by atoms with van der Waals surface area (Å²) < 4.78 is 17.5. The second-order valence-corrected chi connectivity index (χ2v) is 9.83. The van der Waals surface area contributed by atoms with Crippen LogP contribution in [-0.2, 0) is 4.74 Å². The molecule has 1 fully saturated rings. The lowest BCUT2D eigenvalue weighted by atomic mass is 10.0. The van der Waals surface area contributed by atoms with E-state index in [0.717, 1.165) is 55.1 Å². The van der Waals surface area contributed by atoms with Crippen LogP contribution in [0.3, 0.4) is 0 Å². The van der Waals surface area contributed by atoms with Crippen molar-refractivity contribution in [2.24, 2.45) is 0 Å². The summed E-state index contributed by atoms with van der Waals surface area (Å²) in [6, 6.07) is 21.7. The molecule has 0 atom stereocenters. The fourth-order valence-electron chi connectivity index (χ4n) is 4.54. The fourth-order valence-corrected chi connectivity index (χ4v) is 5.64. The Labute approximate surface area is 233 Å². The number of carbonyl (C=O) groups is 1. The third-order valence-electron chi connectivity index (χ3n) is 6.57. The SMILES string of the molecule is COc1ccc(OC)c2sc(N(CCCN3CCOCC3)C(=O)c3ccc(-c4ccccc4)cc3)nc12.Cl. The molecule has 4 aromatic rings. The molecule has 1 aromatic heterocycles. The van der Waals surface area contributed by atoms with E-state index in [2.05, 4.69) is 17.0 Å². The van der Waals surface area contributed by atoms with Gasteiger partial charge in [-0.2, -0.15) is 0 Å². The lowest BCUT2D eigenvalue weighted by Gasteiger charge is -2.27. The maximum absolute atomic E-state index is 13.9. The van der Waals surface area contributed by atoms with Crippen molar-refractivity contribution in [3.63, 3.8) is 0 Å². The molecule has 9 heteroatoms. The Hall–Kier alpha value is -3.17. The van der Waals surface area contributed by atoms with Crippen molar-refractivity contribution < 1.29 is 19.0 Å². The Morgan fingerprint density at radius 1 is 0.947 bits per heavy atom. The largest absolute Gasteiger partial charge is 0.495 e. The van der Waals surface area contributed by atoms with Crippen molar-refractivity contribution in [2.75, 3.05) is 58.5 Å². The maximum atomic E-state index is 13.9. The molecule has 0 spiro atoms. The number of methoxy groups -OCH3 is 2. The number of thiazole rings is 1. The molecule has 7 nitrogen and oxygen atoms in total. The van der Waals surface area contributed by atoms with Crippen LogP contribution in [0.15, 0.2) is 66.7 Å². The number of ether oxygens (including phenoxy) is 3. The molecule has 0 N–H and O–H groups in total. The highest BCUT2D eigenvalue weighted by Crippen LogP contribution is 2.40. The van der Waals surface area contributed by atoms with Crippen molar-refractivity contribution in [1.29, 1.82) is 0 Å². The van der Waals surface area contributed by atoms with Gasteiger partial charge in [-0.05, 0) is 41.8 Å². The van der Waals surface area contributed by atoms with Gasteiger partial charge in [-0.3, -0.25) is 14.6 Å². The number of morpholine rings is 1. The molecule has 3 aromatic carbocycles. The highest BCUT2D eigenvalue weighted by Gasteiger charge is 2.24. The van der Waals surface area contributed by atoms with Gasteiger partial charge < -0.3 is 14.2 Å². The van der Waals surface area contributed by atoms with Crippen LogP contribution in [0.4, 0.5) is 5.13 Å². The molecule has 1 saturated heterocycles. The van der Waals surface area contributed by atoms with E-state index < -0.39 is 0 Å². The van der Waals surface area contributed by atoms with E-state index in [1.54, 1.807) is 19.1 Å². The van der Waals surface area contributed by atoms with Crippen LogP contribution in [0, 0.1) is 0 Å². The van der Waals surface area contributed by atoms with E-state index in [9.17, 15) is 4.79 Å². The second kappa shape index (κ2) is 13.1. The molecular weight excluding hydrogens is 522 g/mol. The number of carbonyl (C=O) groups excluding carboxylic acids is 1. The first kappa shape index (κ1) is 27.9. The number of anilines is 1. The van der Waals surface area contributed by atoms with E-state index >= 15 is 0 Å².